The van der Waals surface area contributed by atoms with Crippen LogP contribution in [0.25, 0.3) is 11.1 Å². The van der Waals surface area contributed by atoms with Crippen LogP contribution in [0, 0.1) is 11.8 Å². The van der Waals surface area contributed by atoms with Crippen molar-refractivity contribution in [3.63, 3.8) is 0 Å². The molecule has 2 aliphatic rings. The largest absolute Gasteiger partial charge is 0.449 e. The SMILES string of the molecule is O=C(NCC#Cc1ccc2c(c1)CCNC2)OCC1c2ccccc2-c2ccccc21. The van der Waals surface area contributed by atoms with Gasteiger partial charge in [-0.1, -0.05) is 66.4 Å². The second-order valence-electron chi connectivity index (χ2n) is 7.89. The minimum Gasteiger partial charge on any atom is -0.449 e. The van der Waals surface area contributed by atoms with Crippen molar-refractivity contribution < 1.29 is 9.53 Å². The third-order valence-corrected chi connectivity index (χ3v) is 5.99. The number of ether oxygens (including phenoxy) is 1. The lowest BCUT2D eigenvalue weighted by Gasteiger charge is -2.16. The van der Waals surface area contributed by atoms with Gasteiger partial charge in [-0.3, -0.25) is 0 Å². The third kappa shape index (κ3) is 4.05. The molecule has 31 heavy (non-hydrogen) atoms. The van der Waals surface area contributed by atoms with Gasteiger partial charge in [-0.2, -0.15) is 0 Å². The predicted octanol–water partition coefficient (Wildman–Crippen LogP) is 4.22. The molecule has 1 aliphatic heterocycles. The highest BCUT2D eigenvalue weighted by atomic mass is 16.5. The number of fused-ring (bicyclic) bond motifs is 4. The molecule has 4 heteroatoms. The van der Waals surface area contributed by atoms with E-state index in [4.69, 9.17) is 4.74 Å². The molecule has 0 aromatic heterocycles. The molecule has 1 heterocycles. The summed E-state index contributed by atoms with van der Waals surface area (Å²) < 4.78 is 5.54. The number of alkyl carbamates (subject to hydrolysis) is 1. The van der Waals surface area contributed by atoms with Crippen LogP contribution in [0.2, 0.25) is 0 Å². The van der Waals surface area contributed by atoms with Crippen LogP contribution >= 0.6 is 0 Å². The van der Waals surface area contributed by atoms with Gasteiger partial charge in [-0.05, 0) is 58.5 Å². The molecule has 0 spiro atoms. The van der Waals surface area contributed by atoms with Gasteiger partial charge in [0.15, 0.2) is 0 Å². The van der Waals surface area contributed by atoms with Crippen LogP contribution in [0.4, 0.5) is 4.79 Å². The molecule has 1 aliphatic carbocycles. The number of carbonyl (C=O) groups excluding carboxylic acids is 1. The fourth-order valence-electron chi connectivity index (χ4n) is 4.47. The fourth-order valence-corrected chi connectivity index (χ4v) is 4.47. The Morgan fingerprint density at radius 1 is 1.00 bits per heavy atom. The Morgan fingerprint density at radius 2 is 1.74 bits per heavy atom. The Morgan fingerprint density at radius 3 is 2.52 bits per heavy atom. The lowest BCUT2D eigenvalue weighted by Crippen LogP contribution is -2.26. The maximum absolute atomic E-state index is 12.2. The highest BCUT2D eigenvalue weighted by Crippen LogP contribution is 2.44. The van der Waals surface area contributed by atoms with Gasteiger partial charge in [-0.15, -0.1) is 0 Å². The standard InChI is InChI=1S/C27H24N2O2/c30-27(29-14-5-6-19-11-12-21-17-28-15-13-20(21)16-19)31-18-26-24-9-3-1-7-22(24)23-8-2-4-10-25(23)26/h1-4,7-12,16,26,28H,13-15,17-18H2,(H,29,30). The molecule has 0 atom stereocenters. The maximum Gasteiger partial charge on any atom is 0.407 e. The summed E-state index contributed by atoms with van der Waals surface area (Å²) in [4.78, 5) is 12.2. The normalized spacial score (nSPS) is 13.9. The first-order chi connectivity index (χ1) is 15.3. The van der Waals surface area contributed by atoms with Crippen molar-refractivity contribution in [1.29, 1.82) is 0 Å². The first kappa shape index (κ1) is 19.4. The second-order valence-corrected chi connectivity index (χ2v) is 7.89. The highest BCUT2D eigenvalue weighted by Gasteiger charge is 2.28. The van der Waals surface area contributed by atoms with Gasteiger partial charge in [0.05, 0.1) is 6.54 Å². The van der Waals surface area contributed by atoms with E-state index >= 15 is 0 Å². The molecule has 0 unspecified atom stereocenters. The number of benzene rings is 3. The lowest BCUT2D eigenvalue weighted by molar-refractivity contribution is 0.144. The molecule has 0 saturated carbocycles. The number of amides is 1. The van der Waals surface area contributed by atoms with Crippen LogP contribution in [0.15, 0.2) is 66.7 Å². The van der Waals surface area contributed by atoms with E-state index in [2.05, 4.69) is 58.9 Å². The molecular weight excluding hydrogens is 384 g/mol. The van der Waals surface area contributed by atoms with E-state index in [0.29, 0.717) is 6.61 Å². The monoisotopic (exact) mass is 408 g/mol. The summed E-state index contributed by atoms with van der Waals surface area (Å²) in [5, 5.41) is 6.11. The van der Waals surface area contributed by atoms with E-state index < -0.39 is 6.09 Å². The molecule has 1 amide bonds. The van der Waals surface area contributed by atoms with Crippen molar-refractivity contribution in [2.75, 3.05) is 19.7 Å². The van der Waals surface area contributed by atoms with E-state index in [9.17, 15) is 4.79 Å². The quantitative estimate of drug-likeness (QED) is 0.638. The first-order valence-electron chi connectivity index (χ1n) is 10.7. The van der Waals surface area contributed by atoms with Gasteiger partial charge in [0, 0.05) is 18.0 Å². The predicted molar refractivity (Wildman–Crippen MR) is 122 cm³/mol. The molecule has 0 bridgehead atoms. The van der Waals surface area contributed by atoms with Crippen LogP contribution < -0.4 is 10.6 Å². The average Bonchev–Trinajstić information content (AvgIpc) is 3.14. The molecule has 3 aromatic carbocycles. The Hall–Kier alpha value is -3.55. The first-order valence-corrected chi connectivity index (χ1v) is 10.7. The number of hydrogen-bond acceptors (Lipinski definition) is 3. The van der Waals surface area contributed by atoms with Crippen LogP contribution in [0.3, 0.4) is 0 Å². The number of nitrogens with one attached hydrogen (secondary N) is 2. The van der Waals surface area contributed by atoms with Crippen LogP contribution in [0.5, 0.6) is 0 Å². The van der Waals surface area contributed by atoms with Gasteiger partial charge in [-0.25, -0.2) is 4.79 Å². The summed E-state index contributed by atoms with van der Waals surface area (Å²) >= 11 is 0. The Balaban J connectivity index is 1.17. The lowest BCUT2D eigenvalue weighted by atomic mass is 9.98. The summed E-state index contributed by atoms with van der Waals surface area (Å²) in [6.07, 6.45) is 0.593. The maximum atomic E-state index is 12.2. The van der Waals surface area contributed by atoms with Crippen LogP contribution in [0.1, 0.15) is 33.7 Å². The Bertz CT molecular complexity index is 1140. The number of hydrogen-bond donors (Lipinski definition) is 2. The van der Waals surface area contributed by atoms with Crippen molar-refractivity contribution in [1.82, 2.24) is 10.6 Å². The zero-order valence-corrected chi connectivity index (χ0v) is 17.3. The minimum atomic E-state index is -0.437. The van der Waals surface area contributed by atoms with E-state index in [1.165, 1.54) is 33.4 Å². The molecule has 4 nitrogen and oxygen atoms in total. The Labute approximate surface area is 182 Å². The van der Waals surface area contributed by atoms with Gasteiger partial charge in [0.1, 0.15) is 6.61 Å². The van der Waals surface area contributed by atoms with Crippen LogP contribution in [-0.2, 0) is 17.7 Å². The molecular formula is C27H24N2O2. The number of carbonyl (C=O) groups is 1. The van der Waals surface area contributed by atoms with E-state index in [0.717, 1.165) is 25.1 Å². The van der Waals surface area contributed by atoms with Gasteiger partial charge >= 0.3 is 6.09 Å². The second kappa shape index (κ2) is 8.67. The summed E-state index contributed by atoms with van der Waals surface area (Å²) in [7, 11) is 0. The van der Waals surface area contributed by atoms with Crippen molar-refractivity contribution in [3.05, 3.63) is 94.5 Å². The third-order valence-electron chi connectivity index (χ3n) is 5.99. The summed E-state index contributed by atoms with van der Waals surface area (Å²) in [6.45, 7) is 2.50. The van der Waals surface area contributed by atoms with E-state index in [1.54, 1.807) is 0 Å². The van der Waals surface area contributed by atoms with Crippen molar-refractivity contribution in [3.8, 4) is 23.0 Å². The molecule has 3 aromatic rings. The average molecular weight is 409 g/mol. The fraction of sp³-hybridized carbons (Fsp3) is 0.222. The van der Waals surface area contributed by atoms with E-state index in [1.807, 2.05) is 30.3 Å². The van der Waals surface area contributed by atoms with Crippen molar-refractivity contribution in [2.24, 2.45) is 0 Å². The molecule has 0 fully saturated rings. The molecule has 2 N–H and O–H groups in total. The van der Waals surface area contributed by atoms with Crippen molar-refractivity contribution in [2.45, 2.75) is 18.9 Å². The summed E-state index contributed by atoms with van der Waals surface area (Å²) in [5.41, 5.74) is 8.54. The zero-order valence-electron chi connectivity index (χ0n) is 17.3. The van der Waals surface area contributed by atoms with Crippen LogP contribution in [-0.4, -0.2) is 25.8 Å². The zero-order chi connectivity index (χ0) is 21.0. The van der Waals surface area contributed by atoms with Gasteiger partial charge in [0.25, 0.3) is 0 Å². The molecule has 5 rings (SSSR count). The topological polar surface area (TPSA) is 50.4 Å². The Kier molecular flexibility index (Phi) is 5.43. The smallest absolute Gasteiger partial charge is 0.407 e. The van der Waals surface area contributed by atoms with E-state index in [-0.39, 0.29) is 12.5 Å². The summed E-state index contributed by atoms with van der Waals surface area (Å²) in [5.74, 6) is 6.22. The van der Waals surface area contributed by atoms with Crippen molar-refractivity contribution >= 4 is 6.09 Å². The van der Waals surface area contributed by atoms with Gasteiger partial charge in [0.2, 0.25) is 0 Å². The summed E-state index contributed by atoms with van der Waals surface area (Å²) in [6, 6.07) is 22.9. The number of rotatable bonds is 3. The van der Waals surface area contributed by atoms with Gasteiger partial charge < -0.3 is 15.4 Å². The minimum absolute atomic E-state index is 0.0641. The molecule has 0 saturated heterocycles. The molecule has 154 valence electrons. The molecule has 0 radical (unpaired) electrons. The highest BCUT2D eigenvalue weighted by molar-refractivity contribution is 5.79.